The van der Waals surface area contributed by atoms with Crippen molar-refractivity contribution in [1.29, 1.82) is 5.41 Å². The lowest BCUT2D eigenvalue weighted by Crippen LogP contribution is -2.25. The molecule has 3 N–H and O–H groups in total. The summed E-state index contributed by atoms with van der Waals surface area (Å²) in [7, 11) is 0. The molecule has 1 aromatic heterocycles. The van der Waals surface area contributed by atoms with E-state index in [-0.39, 0.29) is 11.9 Å². The fourth-order valence-electron chi connectivity index (χ4n) is 1.54. The second-order valence-corrected chi connectivity index (χ2v) is 5.54. The number of carbonyl (C=O) groups excluding carboxylic acids is 1. The van der Waals surface area contributed by atoms with Crippen molar-refractivity contribution in [2.24, 2.45) is 9.98 Å². The molecular weight excluding hydrogens is 378 g/mol. The average Bonchev–Trinajstić information content (AvgIpc) is 2.92. The van der Waals surface area contributed by atoms with Crippen LogP contribution in [-0.4, -0.2) is 35.3 Å². The quantitative estimate of drug-likeness (QED) is 0.664. The predicted octanol–water partition coefficient (Wildman–Crippen LogP) is 2.51. The maximum atomic E-state index is 11.8. The molecule has 8 heteroatoms. The van der Waals surface area contributed by atoms with Gasteiger partial charge in [-0.2, -0.15) is 0 Å². The summed E-state index contributed by atoms with van der Waals surface area (Å²) in [4.78, 5) is 22.4. The Kier molecular flexibility index (Phi) is 4.65. The van der Waals surface area contributed by atoms with Gasteiger partial charge in [0.05, 0.1) is 21.0 Å². The van der Waals surface area contributed by atoms with Crippen molar-refractivity contribution in [3.05, 3.63) is 20.8 Å². The van der Waals surface area contributed by atoms with E-state index in [9.17, 15) is 4.79 Å². The van der Waals surface area contributed by atoms with Crippen LogP contribution in [-0.2, 0) is 0 Å². The highest BCUT2D eigenvalue weighted by atomic mass is 79.9. The van der Waals surface area contributed by atoms with Crippen molar-refractivity contribution in [1.82, 2.24) is 10.3 Å². The van der Waals surface area contributed by atoms with Gasteiger partial charge in [0, 0.05) is 6.54 Å². The van der Waals surface area contributed by atoms with Gasteiger partial charge in [-0.25, -0.2) is 9.98 Å². The van der Waals surface area contributed by atoms with Crippen LogP contribution in [0, 0.1) is 5.41 Å². The highest BCUT2D eigenvalue weighted by molar-refractivity contribution is 9.13. The molecule has 1 aliphatic heterocycles. The van der Waals surface area contributed by atoms with Crippen molar-refractivity contribution in [3.8, 4) is 0 Å². The Morgan fingerprint density at radius 1 is 1.47 bits per heavy atom. The summed E-state index contributed by atoms with van der Waals surface area (Å²) in [6.07, 6.45) is 3.04. The summed E-state index contributed by atoms with van der Waals surface area (Å²) >= 11 is 6.59. The number of hydrogen-bond donors (Lipinski definition) is 3. The highest BCUT2D eigenvalue weighted by Gasteiger charge is 2.11. The van der Waals surface area contributed by atoms with Crippen molar-refractivity contribution >= 4 is 55.7 Å². The third-order valence-corrected chi connectivity index (χ3v) is 4.23. The minimum Gasteiger partial charge on any atom is -0.351 e. The van der Waals surface area contributed by atoms with Gasteiger partial charge in [-0.15, -0.1) is 0 Å². The molecule has 2 rings (SSSR count). The van der Waals surface area contributed by atoms with E-state index in [1.165, 1.54) is 0 Å². The zero-order valence-electron chi connectivity index (χ0n) is 9.83. The summed E-state index contributed by atoms with van der Waals surface area (Å²) in [5, 5.41) is 10.0. The van der Waals surface area contributed by atoms with E-state index in [0.717, 1.165) is 21.2 Å². The van der Waals surface area contributed by atoms with E-state index in [1.807, 2.05) is 0 Å². The van der Waals surface area contributed by atoms with E-state index >= 15 is 0 Å². The maximum Gasteiger partial charge on any atom is 0.267 e. The van der Waals surface area contributed by atoms with Crippen molar-refractivity contribution in [2.75, 3.05) is 6.54 Å². The lowest BCUT2D eigenvalue weighted by molar-refractivity contribution is 0.0949. The monoisotopic (exact) mass is 387 g/mol. The van der Waals surface area contributed by atoms with Gasteiger partial charge < -0.3 is 10.3 Å². The van der Waals surface area contributed by atoms with Crippen LogP contribution < -0.4 is 5.32 Å². The molecule has 100 valence electrons. The second kappa shape index (κ2) is 6.25. The minimum absolute atomic E-state index is 0.0418. The first-order chi connectivity index (χ1) is 9.06. The third kappa shape index (κ3) is 3.84. The molecule has 2 heterocycles. The number of nitrogens with one attached hydrogen (secondary N) is 3. The smallest absolute Gasteiger partial charge is 0.267 e. The maximum absolute atomic E-state index is 11.8. The van der Waals surface area contributed by atoms with Gasteiger partial charge in [0.15, 0.2) is 0 Å². The van der Waals surface area contributed by atoms with Gasteiger partial charge >= 0.3 is 0 Å². The van der Waals surface area contributed by atoms with Crippen LogP contribution in [0.5, 0.6) is 0 Å². The molecule has 1 aliphatic rings. The lowest BCUT2D eigenvalue weighted by Gasteiger charge is -2.02. The standard InChI is InChI=1S/C11H11Br2N5O/c12-7-4-8(18-9(7)13)10(19)15-3-1-2-6-5-16-11(14)17-6/h4-5,14,18H,1-3H2,(H,15,19). The van der Waals surface area contributed by atoms with E-state index in [4.69, 9.17) is 5.41 Å². The number of halogens is 2. The van der Waals surface area contributed by atoms with Gasteiger partial charge in [-0.3, -0.25) is 10.2 Å². The summed E-state index contributed by atoms with van der Waals surface area (Å²) in [5.74, 6) is -0.110. The fourth-order valence-corrected chi connectivity index (χ4v) is 2.20. The molecule has 0 aliphatic carbocycles. The third-order valence-electron chi connectivity index (χ3n) is 2.45. The molecule has 0 atom stereocenters. The van der Waals surface area contributed by atoms with Crippen molar-refractivity contribution < 1.29 is 4.79 Å². The topological polar surface area (TPSA) is 93.5 Å². The molecule has 0 saturated heterocycles. The first kappa shape index (κ1) is 14.1. The number of rotatable bonds is 5. The van der Waals surface area contributed by atoms with Crippen LogP contribution in [0.1, 0.15) is 23.3 Å². The zero-order valence-corrected chi connectivity index (χ0v) is 13.0. The SMILES string of the molecule is N=C1N=CC(CCCNC(=O)c2cc(Br)c(Br)[nH]2)=N1. The molecule has 0 spiro atoms. The fraction of sp³-hybridized carbons (Fsp3) is 0.273. The summed E-state index contributed by atoms with van der Waals surface area (Å²) < 4.78 is 1.56. The number of aromatic amines is 1. The Bertz CT molecular complexity index is 556. The Morgan fingerprint density at radius 2 is 2.26 bits per heavy atom. The molecule has 0 unspecified atom stereocenters. The number of aromatic nitrogens is 1. The molecule has 0 fully saturated rings. The molecule has 6 nitrogen and oxygen atoms in total. The average molecular weight is 389 g/mol. The molecule has 0 aromatic carbocycles. The number of H-pyrrole nitrogens is 1. The first-order valence-corrected chi connectivity index (χ1v) is 7.17. The van der Waals surface area contributed by atoms with E-state index < -0.39 is 0 Å². The minimum atomic E-state index is -0.152. The molecule has 1 aromatic rings. The zero-order chi connectivity index (χ0) is 13.8. The summed E-state index contributed by atoms with van der Waals surface area (Å²) in [6.45, 7) is 0.549. The largest absolute Gasteiger partial charge is 0.351 e. The molecule has 19 heavy (non-hydrogen) atoms. The van der Waals surface area contributed by atoms with Crippen molar-refractivity contribution in [2.45, 2.75) is 12.8 Å². The Morgan fingerprint density at radius 3 is 2.84 bits per heavy atom. The Labute approximate surface area is 126 Å². The van der Waals surface area contributed by atoms with Crippen LogP contribution in [0.15, 0.2) is 25.1 Å². The van der Waals surface area contributed by atoms with Crippen LogP contribution in [0.4, 0.5) is 0 Å². The number of aliphatic imine (C=N–C) groups is 2. The van der Waals surface area contributed by atoms with Gasteiger partial charge in [-0.1, -0.05) is 0 Å². The summed E-state index contributed by atoms with van der Waals surface area (Å²) in [6, 6.07) is 1.72. The predicted molar refractivity (Wildman–Crippen MR) is 81.4 cm³/mol. The van der Waals surface area contributed by atoms with Crippen LogP contribution in [0.3, 0.4) is 0 Å². The van der Waals surface area contributed by atoms with Crippen molar-refractivity contribution in [3.63, 3.8) is 0 Å². The molecule has 0 radical (unpaired) electrons. The van der Waals surface area contributed by atoms with Crippen LogP contribution in [0.25, 0.3) is 0 Å². The van der Waals surface area contributed by atoms with Crippen LogP contribution in [0.2, 0.25) is 0 Å². The molecule has 1 amide bonds. The Balaban J connectivity index is 1.74. The van der Waals surface area contributed by atoms with E-state index in [2.05, 4.69) is 52.1 Å². The van der Waals surface area contributed by atoms with Gasteiger partial charge in [0.2, 0.25) is 5.96 Å². The first-order valence-electron chi connectivity index (χ1n) is 5.58. The second-order valence-electron chi connectivity index (χ2n) is 3.89. The number of amides is 1. The highest BCUT2D eigenvalue weighted by Crippen LogP contribution is 2.22. The molecule has 0 saturated carbocycles. The van der Waals surface area contributed by atoms with E-state index in [1.54, 1.807) is 12.3 Å². The molecular formula is C11H11Br2N5O. The number of hydrogen-bond acceptors (Lipinski definition) is 2. The van der Waals surface area contributed by atoms with Gasteiger partial charge in [0.1, 0.15) is 5.69 Å². The van der Waals surface area contributed by atoms with E-state index in [0.29, 0.717) is 18.7 Å². The Hall–Kier alpha value is -1.28. The number of nitrogens with zero attached hydrogens (tertiary/aromatic N) is 2. The normalized spacial score (nSPS) is 13.8. The number of carbonyl (C=O) groups is 1. The summed E-state index contributed by atoms with van der Waals surface area (Å²) in [5.41, 5.74) is 1.28. The van der Waals surface area contributed by atoms with Crippen LogP contribution >= 0.6 is 31.9 Å². The number of guanidine groups is 1. The lowest BCUT2D eigenvalue weighted by atomic mass is 10.2. The van der Waals surface area contributed by atoms with Gasteiger partial charge in [-0.05, 0) is 50.8 Å². The van der Waals surface area contributed by atoms with Gasteiger partial charge in [0.25, 0.3) is 5.91 Å². The molecule has 0 bridgehead atoms.